The number of fused-ring (bicyclic) bond motifs is 1. The zero-order valence-corrected chi connectivity index (χ0v) is 25.5. The quantitative estimate of drug-likeness (QED) is 0.181. The lowest BCUT2D eigenvalue weighted by Gasteiger charge is -2.17. The molecule has 0 atom stereocenters. The molecule has 0 fully saturated rings. The number of nitrogens with one attached hydrogen (secondary N) is 1. The maximum atomic E-state index is 13.6. The number of sulfone groups is 1. The molecule has 1 aromatic heterocycles. The van der Waals surface area contributed by atoms with E-state index in [1.807, 2.05) is 44.2 Å². The second-order valence-corrected chi connectivity index (χ2v) is 12.2. The van der Waals surface area contributed by atoms with E-state index in [0.29, 0.717) is 18.1 Å². The average Bonchev–Trinajstić information content (AvgIpc) is 3.38. The summed E-state index contributed by atoms with van der Waals surface area (Å²) in [5, 5.41) is 1.08. The van der Waals surface area contributed by atoms with Gasteiger partial charge >= 0.3 is 0 Å². The van der Waals surface area contributed by atoms with Gasteiger partial charge in [0, 0.05) is 24.0 Å². The number of hydrogen-bond acceptors (Lipinski definition) is 7. The lowest BCUT2D eigenvalue weighted by molar-refractivity contribution is 0.264. The van der Waals surface area contributed by atoms with Crippen LogP contribution in [0.25, 0.3) is 10.9 Å². The first-order valence-electron chi connectivity index (χ1n) is 13.7. The number of benzene rings is 3. The van der Waals surface area contributed by atoms with Crippen LogP contribution in [0.4, 0.5) is 0 Å². The van der Waals surface area contributed by atoms with Gasteiger partial charge in [-0.1, -0.05) is 19.9 Å². The van der Waals surface area contributed by atoms with Crippen molar-refractivity contribution >= 4 is 20.7 Å². The van der Waals surface area contributed by atoms with E-state index in [1.165, 1.54) is 5.56 Å². The summed E-state index contributed by atoms with van der Waals surface area (Å²) < 4.78 is 49.3. The smallest absolute Gasteiger partial charge is 0.222 e. The molecule has 0 aliphatic heterocycles. The number of rotatable bonds is 14. The molecule has 1 N–H and O–H groups in total. The van der Waals surface area contributed by atoms with Crippen LogP contribution in [-0.2, 0) is 16.3 Å². The molecule has 0 amide bonds. The van der Waals surface area contributed by atoms with Gasteiger partial charge in [-0.3, -0.25) is 0 Å². The Morgan fingerprint density at radius 1 is 0.829 bits per heavy atom. The number of methoxy groups -OCH3 is 3. The lowest BCUT2D eigenvalue weighted by Crippen LogP contribution is -2.23. The summed E-state index contributed by atoms with van der Waals surface area (Å²) in [4.78, 5) is 5.63. The Morgan fingerprint density at radius 3 is 2.20 bits per heavy atom. The van der Waals surface area contributed by atoms with Gasteiger partial charge in [-0.05, 0) is 91.5 Å². The lowest BCUT2D eigenvalue weighted by atomic mass is 10.0. The number of ether oxygens (including phenoxy) is 4. The van der Waals surface area contributed by atoms with Crippen LogP contribution >= 0.6 is 0 Å². The molecule has 4 rings (SSSR count). The van der Waals surface area contributed by atoms with E-state index in [2.05, 4.69) is 23.0 Å². The summed E-state index contributed by atoms with van der Waals surface area (Å²) in [6, 6.07) is 18.2. The molecule has 4 aromatic rings. The molecule has 0 saturated carbocycles. The fourth-order valence-corrected chi connectivity index (χ4v) is 6.51. The fourth-order valence-electron chi connectivity index (χ4n) is 4.90. The van der Waals surface area contributed by atoms with Crippen LogP contribution in [0.1, 0.15) is 37.3 Å². The highest BCUT2D eigenvalue weighted by molar-refractivity contribution is 7.91. The summed E-state index contributed by atoms with van der Waals surface area (Å²) >= 11 is 0. The number of aromatic nitrogens is 1. The monoisotopic (exact) mass is 580 g/mol. The van der Waals surface area contributed by atoms with Crippen LogP contribution in [0.2, 0.25) is 0 Å². The van der Waals surface area contributed by atoms with Crippen LogP contribution in [0.5, 0.6) is 23.0 Å². The number of nitrogens with zero attached hydrogens (tertiary/aromatic N) is 1. The van der Waals surface area contributed by atoms with E-state index in [4.69, 9.17) is 18.9 Å². The van der Waals surface area contributed by atoms with Crippen LogP contribution in [0, 0.1) is 0 Å². The first-order valence-corrected chi connectivity index (χ1v) is 15.2. The fraction of sp³-hybridized carbons (Fsp3) is 0.375. The standard InChI is InChI=1S/C32H40N2O6S/c1-22(2)31-27-21-25(37-4)11-14-28(27)33-32(31)41(35,36)26-12-9-24(10-13-26)40-19-7-17-34(3)18-16-23-8-15-29(38-5)30(20-23)39-6/h8-15,20-22,33H,7,16-19H2,1-6H3. The van der Waals surface area contributed by atoms with Crippen molar-refractivity contribution in [1.82, 2.24) is 9.88 Å². The van der Waals surface area contributed by atoms with Crippen molar-refractivity contribution in [3.05, 3.63) is 71.8 Å². The van der Waals surface area contributed by atoms with Crippen LogP contribution in [0.15, 0.2) is 70.6 Å². The van der Waals surface area contributed by atoms with Crippen molar-refractivity contribution in [2.75, 3.05) is 48.1 Å². The van der Waals surface area contributed by atoms with E-state index >= 15 is 0 Å². The Kier molecular flexibility index (Phi) is 9.83. The third-order valence-electron chi connectivity index (χ3n) is 7.17. The molecule has 0 bridgehead atoms. The molecular formula is C32H40N2O6S. The Balaban J connectivity index is 1.33. The third kappa shape index (κ3) is 6.97. The van der Waals surface area contributed by atoms with E-state index in [9.17, 15) is 8.42 Å². The SMILES string of the molecule is COc1ccc2[nH]c(S(=O)(=O)c3ccc(OCCCN(C)CCc4ccc(OC)c(OC)c4)cc3)c(C(C)C)c2c1. The van der Waals surface area contributed by atoms with Crippen molar-refractivity contribution in [2.45, 2.75) is 42.5 Å². The van der Waals surface area contributed by atoms with E-state index < -0.39 is 9.84 Å². The van der Waals surface area contributed by atoms with Crippen LogP contribution in [0.3, 0.4) is 0 Å². The number of H-pyrrole nitrogens is 1. The van der Waals surface area contributed by atoms with Gasteiger partial charge in [0.1, 0.15) is 16.5 Å². The zero-order valence-electron chi connectivity index (χ0n) is 24.7. The summed E-state index contributed by atoms with van der Waals surface area (Å²) in [6.07, 6.45) is 1.74. The summed E-state index contributed by atoms with van der Waals surface area (Å²) in [7, 11) is 3.21. The summed E-state index contributed by atoms with van der Waals surface area (Å²) in [6.45, 7) is 6.30. The van der Waals surface area contributed by atoms with Crippen molar-refractivity contribution in [3.8, 4) is 23.0 Å². The predicted octanol–water partition coefficient (Wildman–Crippen LogP) is 6.09. The summed E-state index contributed by atoms with van der Waals surface area (Å²) in [5.41, 5.74) is 2.71. The van der Waals surface area contributed by atoms with Gasteiger partial charge in [0.25, 0.3) is 0 Å². The minimum atomic E-state index is -3.76. The molecule has 0 radical (unpaired) electrons. The number of likely N-dealkylation sites (N-methyl/N-ethyl adjacent to an activating group) is 1. The van der Waals surface area contributed by atoms with Crippen molar-refractivity contribution in [3.63, 3.8) is 0 Å². The minimum Gasteiger partial charge on any atom is -0.497 e. The highest BCUT2D eigenvalue weighted by Gasteiger charge is 2.27. The molecule has 0 spiro atoms. The topological polar surface area (TPSA) is 90.1 Å². The van der Waals surface area contributed by atoms with Crippen molar-refractivity contribution in [1.29, 1.82) is 0 Å². The van der Waals surface area contributed by atoms with Gasteiger partial charge in [0.15, 0.2) is 11.5 Å². The Morgan fingerprint density at radius 2 is 1.54 bits per heavy atom. The molecule has 8 nitrogen and oxygen atoms in total. The number of aromatic amines is 1. The van der Waals surface area contributed by atoms with Gasteiger partial charge < -0.3 is 28.8 Å². The van der Waals surface area contributed by atoms with Gasteiger partial charge in [-0.15, -0.1) is 0 Å². The molecule has 0 saturated heterocycles. The Bertz CT molecular complexity index is 1560. The Hall–Kier alpha value is -3.69. The molecule has 41 heavy (non-hydrogen) atoms. The molecule has 0 unspecified atom stereocenters. The van der Waals surface area contributed by atoms with Gasteiger partial charge in [-0.25, -0.2) is 8.42 Å². The molecule has 9 heteroatoms. The number of hydrogen-bond donors (Lipinski definition) is 1. The molecule has 0 aliphatic rings. The second-order valence-electron chi connectivity index (χ2n) is 10.4. The van der Waals surface area contributed by atoms with Crippen molar-refractivity contribution in [2.24, 2.45) is 0 Å². The molecule has 0 aliphatic carbocycles. The van der Waals surface area contributed by atoms with Crippen LogP contribution < -0.4 is 18.9 Å². The largest absolute Gasteiger partial charge is 0.497 e. The van der Waals surface area contributed by atoms with E-state index in [0.717, 1.165) is 53.9 Å². The molecular weight excluding hydrogens is 540 g/mol. The highest BCUT2D eigenvalue weighted by atomic mass is 32.2. The first-order chi connectivity index (χ1) is 19.7. The molecule has 3 aromatic carbocycles. The van der Waals surface area contributed by atoms with E-state index in [-0.39, 0.29) is 15.8 Å². The first kappa shape index (κ1) is 30.3. The van der Waals surface area contributed by atoms with Gasteiger partial charge in [0.2, 0.25) is 9.84 Å². The van der Waals surface area contributed by atoms with Gasteiger partial charge in [0.05, 0.1) is 32.8 Å². The summed E-state index contributed by atoms with van der Waals surface area (Å²) in [5.74, 6) is 2.80. The van der Waals surface area contributed by atoms with E-state index in [1.54, 1.807) is 45.6 Å². The highest BCUT2D eigenvalue weighted by Crippen LogP contribution is 2.36. The Labute approximate surface area is 243 Å². The normalized spacial score (nSPS) is 11.8. The molecule has 220 valence electrons. The zero-order chi connectivity index (χ0) is 29.6. The minimum absolute atomic E-state index is 0.000375. The molecule has 1 heterocycles. The van der Waals surface area contributed by atoms with Gasteiger partial charge in [-0.2, -0.15) is 0 Å². The average molecular weight is 581 g/mol. The van der Waals surface area contributed by atoms with Crippen molar-refractivity contribution < 1.29 is 27.4 Å². The maximum Gasteiger partial charge on any atom is 0.222 e. The predicted molar refractivity (Wildman–Crippen MR) is 162 cm³/mol. The van der Waals surface area contributed by atoms with Crippen LogP contribution in [-0.4, -0.2) is 66.4 Å². The second kappa shape index (κ2) is 13.3. The third-order valence-corrected chi connectivity index (χ3v) is 8.93. The maximum absolute atomic E-state index is 13.6.